The van der Waals surface area contributed by atoms with E-state index in [9.17, 15) is 9.59 Å². The molecule has 6 nitrogen and oxygen atoms in total. The van der Waals surface area contributed by atoms with Crippen molar-refractivity contribution >= 4 is 33.0 Å². The van der Waals surface area contributed by atoms with Gasteiger partial charge in [0.2, 0.25) is 5.91 Å². The summed E-state index contributed by atoms with van der Waals surface area (Å²) in [6.07, 6.45) is 9.50. The Morgan fingerprint density at radius 3 is 2.73 bits per heavy atom. The Kier molecular flexibility index (Phi) is 4.80. The highest BCUT2D eigenvalue weighted by molar-refractivity contribution is 7.19. The number of fused-ring (bicyclic) bond motifs is 3. The molecule has 0 spiro atoms. The topological polar surface area (TPSA) is 68.4 Å². The van der Waals surface area contributed by atoms with Gasteiger partial charge in [0, 0.05) is 10.9 Å². The first-order chi connectivity index (χ1) is 12.7. The Balaban J connectivity index is 1.55. The third-order valence-electron chi connectivity index (χ3n) is 5.20. The van der Waals surface area contributed by atoms with Crippen LogP contribution in [0.1, 0.15) is 50.3 Å². The molecule has 138 valence electrons. The second-order valence-corrected chi connectivity index (χ2v) is 8.23. The molecule has 1 N–H and O–H groups in total. The normalized spacial score (nSPS) is 16.2. The van der Waals surface area contributed by atoms with E-state index in [1.807, 2.05) is 10.5 Å². The Hall–Kier alpha value is -2.15. The lowest BCUT2D eigenvalue weighted by atomic mass is 10.1. The zero-order valence-corrected chi connectivity index (χ0v) is 15.8. The van der Waals surface area contributed by atoms with E-state index in [-0.39, 0.29) is 24.1 Å². The van der Waals surface area contributed by atoms with E-state index in [1.54, 1.807) is 17.7 Å². The highest BCUT2D eigenvalue weighted by Crippen LogP contribution is 2.28. The van der Waals surface area contributed by atoms with Crippen LogP contribution in [0.15, 0.2) is 23.3 Å². The zero-order chi connectivity index (χ0) is 18.1. The van der Waals surface area contributed by atoms with Crippen molar-refractivity contribution in [2.75, 3.05) is 0 Å². The Morgan fingerprint density at radius 1 is 1.23 bits per heavy atom. The predicted molar refractivity (Wildman–Crippen MR) is 104 cm³/mol. The summed E-state index contributed by atoms with van der Waals surface area (Å²) in [5, 5.41) is 7.30. The van der Waals surface area contributed by atoms with E-state index < -0.39 is 0 Å². The summed E-state index contributed by atoms with van der Waals surface area (Å²) in [4.78, 5) is 26.4. The molecule has 0 saturated heterocycles. The number of aromatic nitrogens is 3. The van der Waals surface area contributed by atoms with Crippen molar-refractivity contribution in [3.8, 4) is 0 Å². The van der Waals surface area contributed by atoms with Crippen molar-refractivity contribution in [2.45, 2.75) is 64.5 Å². The van der Waals surface area contributed by atoms with Crippen molar-refractivity contribution in [1.82, 2.24) is 19.5 Å². The molecule has 0 atom stereocenters. The van der Waals surface area contributed by atoms with Crippen LogP contribution in [0.5, 0.6) is 0 Å². The van der Waals surface area contributed by atoms with Crippen LogP contribution in [-0.4, -0.2) is 26.1 Å². The largest absolute Gasteiger partial charge is 0.352 e. The molecule has 3 aromatic rings. The highest BCUT2D eigenvalue weighted by atomic mass is 32.1. The summed E-state index contributed by atoms with van der Waals surface area (Å²) in [6, 6.07) is 4.25. The van der Waals surface area contributed by atoms with E-state index in [0.717, 1.165) is 42.3 Å². The van der Waals surface area contributed by atoms with Crippen molar-refractivity contribution in [1.29, 1.82) is 0 Å². The van der Waals surface area contributed by atoms with Gasteiger partial charge in [-0.15, -0.1) is 11.3 Å². The quantitative estimate of drug-likeness (QED) is 0.716. The van der Waals surface area contributed by atoms with Gasteiger partial charge in [-0.25, -0.2) is 4.68 Å². The SMILES string of the molecule is CCc1cc2c(cc3c(=O)n(CC(=O)NC4CCCCCC4)ncn32)s1. The first-order valence-corrected chi connectivity index (χ1v) is 10.3. The number of thiophene rings is 1. The van der Waals surface area contributed by atoms with Crippen LogP contribution < -0.4 is 10.9 Å². The van der Waals surface area contributed by atoms with Crippen molar-refractivity contribution in [3.05, 3.63) is 33.7 Å². The molecule has 1 aliphatic rings. The number of amides is 1. The number of nitrogens with zero attached hydrogens (tertiary/aromatic N) is 3. The third kappa shape index (κ3) is 3.28. The maximum Gasteiger partial charge on any atom is 0.291 e. The van der Waals surface area contributed by atoms with Crippen molar-refractivity contribution in [2.24, 2.45) is 0 Å². The van der Waals surface area contributed by atoms with Gasteiger partial charge in [0.1, 0.15) is 18.4 Å². The third-order valence-corrected chi connectivity index (χ3v) is 6.42. The molecule has 1 saturated carbocycles. The summed E-state index contributed by atoms with van der Waals surface area (Å²) >= 11 is 1.70. The smallest absolute Gasteiger partial charge is 0.291 e. The standard InChI is InChI=1S/C19H24N4O2S/c1-2-14-9-15-17(26-14)10-16-19(25)23(20-12-22(15)16)11-18(24)21-13-7-5-3-4-6-8-13/h9-10,12-13H,2-8,11H2,1H3,(H,21,24). The fraction of sp³-hybridized carbons (Fsp3) is 0.526. The van der Waals surface area contributed by atoms with E-state index in [0.29, 0.717) is 5.52 Å². The van der Waals surface area contributed by atoms with E-state index in [2.05, 4.69) is 23.4 Å². The van der Waals surface area contributed by atoms with E-state index >= 15 is 0 Å². The lowest BCUT2D eigenvalue weighted by Crippen LogP contribution is -2.39. The first-order valence-electron chi connectivity index (χ1n) is 9.44. The number of hydrogen-bond donors (Lipinski definition) is 1. The minimum Gasteiger partial charge on any atom is -0.352 e. The van der Waals surface area contributed by atoms with Crippen LogP contribution in [-0.2, 0) is 17.8 Å². The minimum atomic E-state index is -0.218. The summed E-state index contributed by atoms with van der Waals surface area (Å²) < 4.78 is 4.18. The van der Waals surface area contributed by atoms with Gasteiger partial charge in [0.25, 0.3) is 5.56 Å². The second-order valence-electron chi connectivity index (χ2n) is 7.07. The monoisotopic (exact) mass is 372 g/mol. The lowest BCUT2D eigenvalue weighted by molar-refractivity contribution is -0.122. The van der Waals surface area contributed by atoms with Gasteiger partial charge in [0.15, 0.2) is 0 Å². The molecule has 1 aliphatic carbocycles. The fourth-order valence-electron chi connectivity index (χ4n) is 3.77. The van der Waals surface area contributed by atoms with Crippen molar-refractivity contribution in [3.63, 3.8) is 0 Å². The number of carbonyl (C=O) groups is 1. The Bertz CT molecular complexity index is 992. The average Bonchev–Trinajstić information content (AvgIpc) is 3.07. The maximum atomic E-state index is 12.7. The van der Waals surface area contributed by atoms with Gasteiger partial charge in [-0.1, -0.05) is 32.6 Å². The molecule has 7 heteroatoms. The molecule has 0 aromatic carbocycles. The van der Waals surface area contributed by atoms with Gasteiger partial charge < -0.3 is 5.32 Å². The summed E-state index contributed by atoms with van der Waals surface area (Å²) in [5.74, 6) is -0.127. The number of aryl methyl sites for hydroxylation is 1. The first kappa shape index (κ1) is 17.3. The molecule has 0 unspecified atom stereocenters. The second kappa shape index (κ2) is 7.23. The fourth-order valence-corrected chi connectivity index (χ4v) is 4.80. The van der Waals surface area contributed by atoms with Gasteiger partial charge >= 0.3 is 0 Å². The maximum absolute atomic E-state index is 12.7. The van der Waals surface area contributed by atoms with Crippen molar-refractivity contribution < 1.29 is 4.79 Å². The van der Waals surface area contributed by atoms with Crippen LogP contribution in [0.25, 0.3) is 15.7 Å². The summed E-state index contributed by atoms with van der Waals surface area (Å²) in [7, 11) is 0. The zero-order valence-electron chi connectivity index (χ0n) is 15.0. The van der Waals surface area contributed by atoms with E-state index in [4.69, 9.17) is 0 Å². The molecule has 3 aromatic heterocycles. The van der Waals surface area contributed by atoms with Crippen LogP contribution in [0.2, 0.25) is 0 Å². The van der Waals surface area contributed by atoms with Crippen LogP contribution in [0, 0.1) is 0 Å². The molecule has 1 amide bonds. The molecule has 0 bridgehead atoms. The molecule has 3 heterocycles. The molecule has 1 fully saturated rings. The van der Waals surface area contributed by atoms with E-state index in [1.165, 1.54) is 22.4 Å². The number of hydrogen-bond acceptors (Lipinski definition) is 4. The summed E-state index contributed by atoms with van der Waals surface area (Å²) in [5.41, 5.74) is 1.37. The average molecular weight is 372 g/mol. The van der Waals surface area contributed by atoms with Gasteiger partial charge in [0.05, 0.1) is 10.2 Å². The number of rotatable bonds is 4. The molecule has 0 aliphatic heterocycles. The van der Waals surface area contributed by atoms with Gasteiger partial charge in [-0.2, -0.15) is 5.10 Å². The Morgan fingerprint density at radius 2 is 2.00 bits per heavy atom. The number of carbonyl (C=O) groups excluding carboxylic acids is 1. The summed E-state index contributed by atoms with van der Waals surface area (Å²) in [6.45, 7) is 2.10. The van der Waals surface area contributed by atoms with Gasteiger partial charge in [-0.3, -0.25) is 14.0 Å². The predicted octanol–water partition coefficient (Wildman–Crippen LogP) is 3.11. The Labute approximate surface area is 155 Å². The molecule has 26 heavy (non-hydrogen) atoms. The molecule has 4 rings (SSSR count). The van der Waals surface area contributed by atoms with Crippen LogP contribution in [0.3, 0.4) is 0 Å². The van der Waals surface area contributed by atoms with Gasteiger partial charge in [-0.05, 0) is 31.4 Å². The van der Waals surface area contributed by atoms with Crippen LogP contribution in [0.4, 0.5) is 0 Å². The highest BCUT2D eigenvalue weighted by Gasteiger charge is 2.17. The lowest BCUT2D eigenvalue weighted by Gasteiger charge is -2.16. The minimum absolute atomic E-state index is 0.0229. The molecular weight excluding hydrogens is 348 g/mol. The molecule has 0 radical (unpaired) electrons. The van der Waals surface area contributed by atoms with Crippen LogP contribution >= 0.6 is 11.3 Å². The number of nitrogens with one attached hydrogen (secondary N) is 1. The molecular formula is C19H24N4O2S.